The van der Waals surface area contributed by atoms with Crippen LogP contribution in [0.3, 0.4) is 0 Å². The average molecular weight is 368 g/mol. The smallest absolute Gasteiger partial charge is 0.386 e. The predicted octanol–water partition coefficient (Wildman–Crippen LogP) is 2.36. The van der Waals surface area contributed by atoms with E-state index in [2.05, 4.69) is 20.1 Å². The molecule has 0 N–H and O–H groups in total. The van der Waals surface area contributed by atoms with E-state index >= 15 is 0 Å². The molecule has 1 fully saturated rings. The number of aryl methyl sites for hydroxylation is 1. The minimum Gasteiger partial charge on any atom is -0.386 e. The Kier molecular flexibility index (Phi) is 4.92. The summed E-state index contributed by atoms with van der Waals surface area (Å²) in [4.78, 5) is 22.0. The highest BCUT2D eigenvalue weighted by Gasteiger charge is 2.30. The van der Waals surface area contributed by atoms with Gasteiger partial charge in [0.1, 0.15) is 0 Å². The lowest BCUT2D eigenvalue weighted by Crippen LogP contribution is -2.51. The second-order valence-corrected chi connectivity index (χ2v) is 5.81. The number of oxime groups is 1. The first-order valence-electron chi connectivity index (χ1n) is 7.72. The number of nitrogens with zero attached hydrogens (tertiary/aromatic N) is 4. The Bertz CT molecular complexity index is 807. The maximum Gasteiger partial charge on any atom is 0.425 e. The molecule has 1 saturated heterocycles. The first kappa shape index (κ1) is 17.9. The number of carbonyl (C=O) groups is 1. The monoisotopic (exact) mass is 368 g/mol. The lowest BCUT2D eigenvalue weighted by atomic mass is 10.1. The third kappa shape index (κ3) is 4.58. The molecule has 0 spiro atoms. The number of likely N-dealkylation sites (tertiary alicyclic amines) is 1. The van der Waals surface area contributed by atoms with Crippen LogP contribution in [0.15, 0.2) is 33.9 Å². The molecule has 2 heterocycles. The number of hydrogen-bond donors (Lipinski definition) is 0. The van der Waals surface area contributed by atoms with Crippen molar-refractivity contribution in [2.24, 2.45) is 5.16 Å². The molecule has 1 aliphatic heterocycles. The van der Waals surface area contributed by atoms with Crippen LogP contribution >= 0.6 is 0 Å². The van der Waals surface area contributed by atoms with Gasteiger partial charge in [-0.1, -0.05) is 34.6 Å². The molecule has 0 radical (unpaired) electrons. The van der Waals surface area contributed by atoms with Crippen molar-refractivity contribution in [3.63, 3.8) is 0 Å². The zero-order chi connectivity index (χ0) is 18.7. The van der Waals surface area contributed by atoms with Gasteiger partial charge in [-0.05, 0) is 5.56 Å². The highest BCUT2D eigenvalue weighted by molar-refractivity contribution is 5.99. The van der Waals surface area contributed by atoms with E-state index in [0.29, 0.717) is 17.4 Å². The molecule has 1 aromatic carbocycles. The van der Waals surface area contributed by atoms with E-state index < -0.39 is 12.8 Å². The first-order valence-corrected chi connectivity index (χ1v) is 7.72. The predicted molar refractivity (Wildman–Crippen MR) is 84.2 cm³/mol. The van der Waals surface area contributed by atoms with Crippen LogP contribution in [0.4, 0.5) is 13.2 Å². The molecule has 1 aromatic heterocycles. The summed E-state index contributed by atoms with van der Waals surface area (Å²) in [6, 6.07) is 7.17. The molecule has 10 heteroatoms. The zero-order valence-electron chi connectivity index (χ0n) is 13.8. The largest absolute Gasteiger partial charge is 0.425 e. The van der Waals surface area contributed by atoms with Crippen LogP contribution in [-0.2, 0) is 16.1 Å². The van der Waals surface area contributed by atoms with Gasteiger partial charge in [0.15, 0.2) is 0 Å². The molecule has 3 rings (SSSR count). The van der Waals surface area contributed by atoms with Crippen molar-refractivity contribution in [2.75, 3.05) is 19.7 Å². The molecular weight excluding hydrogens is 353 g/mol. The third-order valence-corrected chi connectivity index (χ3v) is 3.62. The fourth-order valence-corrected chi connectivity index (χ4v) is 2.30. The summed E-state index contributed by atoms with van der Waals surface area (Å²) in [5.41, 5.74) is 1.99. The fraction of sp³-hybridized carbons (Fsp3) is 0.375. The average Bonchev–Trinajstić information content (AvgIpc) is 2.95. The van der Waals surface area contributed by atoms with E-state index in [1.165, 1.54) is 4.90 Å². The lowest BCUT2D eigenvalue weighted by molar-refractivity contribution is -0.174. The molecule has 2 aromatic rings. The van der Waals surface area contributed by atoms with Gasteiger partial charge in [0.25, 0.3) is 0 Å². The van der Waals surface area contributed by atoms with Crippen LogP contribution in [0, 0.1) is 6.92 Å². The number of rotatable bonds is 5. The molecule has 7 nitrogen and oxygen atoms in total. The molecule has 1 amide bonds. The van der Waals surface area contributed by atoms with E-state index in [-0.39, 0.29) is 25.4 Å². The molecular formula is C16H15F3N4O3. The summed E-state index contributed by atoms with van der Waals surface area (Å²) in [5.74, 6) is 0.805. The van der Waals surface area contributed by atoms with E-state index in [9.17, 15) is 18.0 Å². The minimum absolute atomic E-state index is 0.136. The van der Waals surface area contributed by atoms with Gasteiger partial charge in [-0.15, -0.1) is 0 Å². The summed E-state index contributed by atoms with van der Waals surface area (Å²) in [7, 11) is 0. The van der Waals surface area contributed by atoms with Crippen molar-refractivity contribution >= 4 is 11.6 Å². The Morgan fingerprint density at radius 3 is 2.58 bits per heavy atom. The number of alkyl halides is 3. The van der Waals surface area contributed by atoms with Gasteiger partial charge in [0.05, 0.1) is 25.2 Å². The molecule has 0 bridgehead atoms. The summed E-state index contributed by atoms with van der Waals surface area (Å²) in [5, 5.41) is 7.20. The number of halogens is 3. The van der Waals surface area contributed by atoms with Crippen LogP contribution < -0.4 is 0 Å². The molecule has 26 heavy (non-hydrogen) atoms. The fourth-order valence-electron chi connectivity index (χ4n) is 2.30. The van der Waals surface area contributed by atoms with Crippen LogP contribution in [0.2, 0.25) is 0 Å². The summed E-state index contributed by atoms with van der Waals surface area (Å²) < 4.78 is 40.7. The number of carbonyl (C=O) groups excluding carboxylic acids is 1. The minimum atomic E-state index is -4.42. The Labute approximate surface area is 146 Å². The Hall–Kier alpha value is -2.91. The Balaban J connectivity index is 1.48. The number of aromatic nitrogens is 2. The van der Waals surface area contributed by atoms with Crippen LogP contribution in [0.1, 0.15) is 11.5 Å². The summed E-state index contributed by atoms with van der Waals surface area (Å²) in [6.07, 6.45) is -4.24. The van der Waals surface area contributed by atoms with E-state index in [0.717, 1.165) is 11.1 Å². The highest BCUT2D eigenvalue weighted by Crippen LogP contribution is 2.18. The normalized spacial score (nSPS) is 14.2. The SMILES string of the molecule is Cc1nc(-c2ccc(CC(=O)N3CC(=NOCC(F)(F)F)C3)cc2)no1. The van der Waals surface area contributed by atoms with Gasteiger partial charge in [0.2, 0.25) is 24.2 Å². The third-order valence-electron chi connectivity index (χ3n) is 3.62. The van der Waals surface area contributed by atoms with E-state index in [1.807, 2.05) is 0 Å². The molecule has 138 valence electrons. The van der Waals surface area contributed by atoms with Gasteiger partial charge in [-0.3, -0.25) is 4.79 Å². The number of hydrogen-bond acceptors (Lipinski definition) is 6. The van der Waals surface area contributed by atoms with Crippen LogP contribution in [0.5, 0.6) is 0 Å². The summed E-state index contributed by atoms with van der Waals surface area (Å²) >= 11 is 0. The molecule has 0 atom stereocenters. The Morgan fingerprint density at radius 2 is 2.00 bits per heavy atom. The maximum absolute atomic E-state index is 12.1. The quantitative estimate of drug-likeness (QED) is 0.757. The van der Waals surface area contributed by atoms with Crippen LogP contribution in [0.25, 0.3) is 11.4 Å². The second-order valence-electron chi connectivity index (χ2n) is 5.81. The standard InChI is InChI=1S/C16H15F3N4O3/c1-10-20-15(22-26-10)12-4-2-11(3-5-12)6-14(24)23-7-13(8-23)21-25-9-16(17,18)19/h2-5H,6-9H2,1H3. The highest BCUT2D eigenvalue weighted by atomic mass is 19.4. The Morgan fingerprint density at radius 1 is 1.31 bits per heavy atom. The van der Waals surface area contributed by atoms with Crippen LogP contribution in [-0.4, -0.2) is 52.5 Å². The first-order chi connectivity index (χ1) is 12.3. The van der Waals surface area contributed by atoms with Gasteiger partial charge >= 0.3 is 6.18 Å². The lowest BCUT2D eigenvalue weighted by Gasteiger charge is -2.32. The second kappa shape index (κ2) is 7.14. The van der Waals surface area contributed by atoms with Crippen molar-refractivity contribution in [3.05, 3.63) is 35.7 Å². The zero-order valence-corrected chi connectivity index (χ0v) is 13.8. The van der Waals surface area contributed by atoms with Crippen molar-refractivity contribution in [3.8, 4) is 11.4 Å². The van der Waals surface area contributed by atoms with Gasteiger partial charge in [0, 0.05) is 12.5 Å². The van der Waals surface area contributed by atoms with E-state index in [1.54, 1.807) is 31.2 Å². The van der Waals surface area contributed by atoms with Crippen molar-refractivity contribution in [1.82, 2.24) is 15.0 Å². The van der Waals surface area contributed by atoms with Gasteiger partial charge < -0.3 is 14.3 Å². The maximum atomic E-state index is 12.1. The van der Waals surface area contributed by atoms with Crippen molar-refractivity contribution in [2.45, 2.75) is 19.5 Å². The van der Waals surface area contributed by atoms with E-state index in [4.69, 9.17) is 4.52 Å². The number of amides is 1. The topological polar surface area (TPSA) is 80.8 Å². The van der Waals surface area contributed by atoms with Crippen molar-refractivity contribution in [1.29, 1.82) is 0 Å². The molecule has 1 aliphatic rings. The molecule has 0 aliphatic carbocycles. The summed E-state index contributed by atoms with van der Waals surface area (Å²) in [6.45, 7) is 0.618. The van der Waals surface area contributed by atoms with Gasteiger partial charge in [-0.25, -0.2) is 0 Å². The van der Waals surface area contributed by atoms with Gasteiger partial charge in [-0.2, -0.15) is 18.2 Å². The number of benzene rings is 1. The van der Waals surface area contributed by atoms with Crippen molar-refractivity contribution < 1.29 is 27.3 Å². The molecule has 0 unspecified atom stereocenters. The molecule has 0 saturated carbocycles.